The van der Waals surface area contributed by atoms with Gasteiger partial charge >= 0.3 is 5.92 Å². The molecular formula is C8H12Cl2F2N2O. The van der Waals surface area contributed by atoms with Crippen LogP contribution in [0.15, 0.2) is 18.3 Å². The van der Waals surface area contributed by atoms with Crippen molar-refractivity contribution in [2.45, 2.75) is 5.92 Å². The summed E-state index contributed by atoms with van der Waals surface area (Å²) in [7, 11) is 1.44. The highest BCUT2D eigenvalue weighted by atomic mass is 35.5. The number of halogens is 4. The molecule has 88 valence electrons. The van der Waals surface area contributed by atoms with Crippen LogP contribution in [0.2, 0.25) is 0 Å². The van der Waals surface area contributed by atoms with Crippen LogP contribution >= 0.6 is 24.8 Å². The summed E-state index contributed by atoms with van der Waals surface area (Å²) in [6, 6.07) is 2.62. The van der Waals surface area contributed by atoms with Crippen molar-refractivity contribution in [1.82, 2.24) is 4.98 Å². The number of nitrogens with zero attached hydrogens (tertiary/aromatic N) is 1. The van der Waals surface area contributed by atoms with E-state index in [-0.39, 0.29) is 30.5 Å². The highest BCUT2D eigenvalue weighted by molar-refractivity contribution is 5.85. The average Bonchev–Trinajstić information content (AvgIpc) is 2.18. The van der Waals surface area contributed by atoms with Gasteiger partial charge in [-0.3, -0.25) is 4.98 Å². The number of rotatable bonds is 3. The Labute approximate surface area is 98.8 Å². The molecule has 2 N–H and O–H groups in total. The van der Waals surface area contributed by atoms with Crippen molar-refractivity contribution in [2.24, 2.45) is 5.73 Å². The van der Waals surface area contributed by atoms with Crippen LogP contribution in [0.5, 0.6) is 5.75 Å². The third kappa shape index (κ3) is 4.15. The molecule has 0 amide bonds. The minimum atomic E-state index is -3.06. The Morgan fingerprint density at radius 2 is 2.00 bits per heavy atom. The Morgan fingerprint density at radius 3 is 2.33 bits per heavy atom. The smallest absolute Gasteiger partial charge is 0.301 e. The Hall–Kier alpha value is -0.650. The molecule has 0 aliphatic heterocycles. The maximum atomic E-state index is 12.9. The molecule has 15 heavy (non-hydrogen) atoms. The molecule has 0 saturated carbocycles. The predicted molar refractivity (Wildman–Crippen MR) is 58.2 cm³/mol. The number of pyridine rings is 1. The van der Waals surface area contributed by atoms with E-state index in [1.165, 1.54) is 25.4 Å². The normalized spacial score (nSPS) is 9.87. The molecule has 1 aromatic rings. The minimum absolute atomic E-state index is 0. The molecule has 0 saturated heterocycles. The van der Waals surface area contributed by atoms with E-state index in [0.717, 1.165) is 0 Å². The number of nitrogens with two attached hydrogens (primary N) is 1. The van der Waals surface area contributed by atoms with Gasteiger partial charge in [-0.25, -0.2) is 0 Å². The molecule has 0 spiro atoms. The van der Waals surface area contributed by atoms with Crippen molar-refractivity contribution < 1.29 is 13.5 Å². The first-order valence-corrected chi connectivity index (χ1v) is 3.68. The minimum Gasteiger partial charge on any atom is -0.495 e. The van der Waals surface area contributed by atoms with Crippen LogP contribution in [0.4, 0.5) is 8.78 Å². The lowest BCUT2D eigenvalue weighted by Gasteiger charge is -2.12. The molecule has 0 radical (unpaired) electrons. The standard InChI is InChI=1S/C8H10F2N2O.2ClH/c1-13-6-2-3-7(12-4-6)8(9,10)5-11;;/h2-4H,5,11H2,1H3;2*1H. The Morgan fingerprint density at radius 1 is 1.40 bits per heavy atom. The van der Waals surface area contributed by atoms with Crippen LogP contribution in [0.3, 0.4) is 0 Å². The van der Waals surface area contributed by atoms with E-state index in [1.54, 1.807) is 0 Å². The summed E-state index contributed by atoms with van der Waals surface area (Å²) in [5.41, 5.74) is 4.55. The average molecular weight is 261 g/mol. The third-order valence-electron chi connectivity index (χ3n) is 1.60. The van der Waals surface area contributed by atoms with Gasteiger partial charge in [0, 0.05) is 0 Å². The molecule has 0 bridgehead atoms. The van der Waals surface area contributed by atoms with Crippen LogP contribution in [-0.4, -0.2) is 18.6 Å². The number of hydrogen-bond acceptors (Lipinski definition) is 3. The van der Waals surface area contributed by atoms with Crippen molar-refractivity contribution in [3.05, 3.63) is 24.0 Å². The van der Waals surface area contributed by atoms with Gasteiger partial charge in [0.05, 0.1) is 19.9 Å². The second-order valence-electron chi connectivity index (χ2n) is 2.49. The number of methoxy groups -OCH3 is 1. The fourth-order valence-electron chi connectivity index (χ4n) is 0.822. The van der Waals surface area contributed by atoms with Crippen molar-refractivity contribution >= 4 is 24.8 Å². The van der Waals surface area contributed by atoms with Gasteiger partial charge in [0.1, 0.15) is 11.4 Å². The molecule has 1 aromatic heterocycles. The zero-order chi connectivity index (χ0) is 9.90. The first kappa shape index (κ1) is 16.8. The number of hydrogen-bond donors (Lipinski definition) is 1. The van der Waals surface area contributed by atoms with Gasteiger partial charge in [0.25, 0.3) is 0 Å². The second-order valence-corrected chi connectivity index (χ2v) is 2.49. The van der Waals surface area contributed by atoms with E-state index >= 15 is 0 Å². The van der Waals surface area contributed by atoms with Crippen LogP contribution in [0.1, 0.15) is 5.69 Å². The highest BCUT2D eigenvalue weighted by Gasteiger charge is 2.30. The first-order chi connectivity index (χ1) is 6.10. The SMILES string of the molecule is COc1ccc(C(F)(F)CN)nc1.Cl.Cl. The molecule has 1 rings (SSSR count). The topological polar surface area (TPSA) is 48.1 Å². The molecule has 1 heterocycles. The Bertz CT molecular complexity index is 282. The monoisotopic (exact) mass is 260 g/mol. The second kappa shape index (κ2) is 6.76. The summed E-state index contributed by atoms with van der Waals surface area (Å²) in [6.07, 6.45) is 1.24. The van der Waals surface area contributed by atoms with E-state index in [0.29, 0.717) is 5.75 Å². The van der Waals surface area contributed by atoms with Crippen molar-refractivity contribution in [3.8, 4) is 5.75 Å². The molecule has 3 nitrogen and oxygen atoms in total. The summed E-state index contributed by atoms with van der Waals surface area (Å²) >= 11 is 0. The van der Waals surface area contributed by atoms with E-state index in [4.69, 9.17) is 10.5 Å². The van der Waals surface area contributed by atoms with Crippen molar-refractivity contribution in [3.63, 3.8) is 0 Å². The Kier molecular flexibility index (Phi) is 7.56. The van der Waals surface area contributed by atoms with Crippen LogP contribution in [-0.2, 0) is 5.92 Å². The summed E-state index contributed by atoms with van der Waals surface area (Å²) in [5, 5.41) is 0. The van der Waals surface area contributed by atoms with E-state index in [1.807, 2.05) is 0 Å². The maximum absolute atomic E-state index is 12.9. The molecule has 0 aliphatic rings. The van der Waals surface area contributed by atoms with Crippen LogP contribution in [0.25, 0.3) is 0 Å². The molecule has 7 heteroatoms. The van der Waals surface area contributed by atoms with Crippen LogP contribution in [0, 0.1) is 0 Å². The lowest BCUT2D eigenvalue weighted by molar-refractivity contribution is 0.00132. The zero-order valence-electron chi connectivity index (χ0n) is 7.94. The van der Waals surface area contributed by atoms with Gasteiger partial charge in [-0.2, -0.15) is 8.78 Å². The summed E-state index contributed by atoms with van der Waals surface area (Å²) in [6.45, 7) is -0.744. The molecule has 0 fully saturated rings. The van der Waals surface area contributed by atoms with Gasteiger partial charge in [0.15, 0.2) is 0 Å². The maximum Gasteiger partial charge on any atom is 0.301 e. The van der Waals surface area contributed by atoms with Crippen LogP contribution < -0.4 is 10.5 Å². The number of alkyl halides is 2. The van der Waals surface area contributed by atoms with Crippen molar-refractivity contribution in [2.75, 3.05) is 13.7 Å². The first-order valence-electron chi connectivity index (χ1n) is 3.68. The molecular weight excluding hydrogens is 249 g/mol. The molecule has 0 aromatic carbocycles. The number of ether oxygens (including phenoxy) is 1. The fourth-order valence-corrected chi connectivity index (χ4v) is 0.822. The lowest BCUT2D eigenvalue weighted by atomic mass is 10.2. The fraction of sp³-hybridized carbons (Fsp3) is 0.375. The molecule has 0 unspecified atom stereocenters. The Balaban J connectivity index is 0. The quantitative estimate of drug-likeness (QED) is 0.905. The van der Waals surface area contributed by atoms with E-state index < -0.39 is 12.5 Å². The molecule has 0 atom stereocenters. The predicted octanol–water partition coefficient (Wildman–Crippen LogP) is 1.98. The molecule has 0 aliphatic carbocycles. The van der Waals surface area contributed by atoms with Gasteiger partial charge < -0.3 is 10.5 Å². The van der Waals surface area contributed by atoms with Gasteiger partial charge in [-0.05, 0) is 12.1 Å². The van der Waals surface area contributed by atoms with Gasteiger partial charge in [-0.15, -0.1) is 24.8 Å². The van der Waals surface area contributed by atoms with Crippen molar-refractivity contribution in [1.29, 1.82) is 0 Å². The summed E-state index contributed by atoms with van der Waals surface area (Å²) < 4.78 is 30.6. The van der Waals surface area contributed by atoms with E-state index in [2.05, 4.69) is 4.98 Å². The van der Waals surface area contributed by atoms with E-state index in [9.17, 15) is 8.78 Å². The zero-order valence-corrected chi connectivity index (χ0v) is 9.58. The highest BCUT2D eigenvalue weighted by Crippen LogP contribution is 2.25. The number of aromatic nitrogens is 1. The third-order valence-corrected chi connectivity index (χ3v) is 1.60. The summed E-state index contributed by atoms with van der Waals surface area (Å²) in [5.74, 6) is -2.62. The van der Waals surface area contributed by atoms with Gasteiger partial charge in [0.2, 0.25) is 0 Å². The largest absolute Gasteiger partial charge is 0.495 e. The van der Waals surface area contributed by atoms with Gasteiger partial charge in [-0.1, -0.05) is 0 Å². The summed E-state index contributed by atoms with van der Waals surface area (Å²) in [4.78, 5) is 3.54. The lowest BCUT2D eigenvalue weighted by Crippen LogP contribution is -2.26.